The van der Waals surface area contributed by atoms with Crippen molar-refractivity contribution in [3.8, 4) is 0 Å². The largest absolute Gasteiger partial charge is 0.501 e. The van der Waals surface area contributed by atoms with Crippen molar-refractivity contribution in [1.29, 1.82) is 0 Å². The van der Waals surface area contributed by atoms with Gasteiger partial charge in [-0.1, -0.05) is 26.7 Å². The van der Waals surface area contributed by atoms with E-state index in [2.05, 4.69) is 18.7 Å². The first-order valence-corrected chi connectivity index (χ1v) is 8.99. The summed E-state index contributed by atoms with van der Waals surface area (Å²) >= 11 is 0. The summed E-state index contributed by atoms with van der Waals surface area (Å²) in [6.45, 7) is 7.80. The van der Waals surface area contributed by atoms with E-state index in [0.29, 0.717) is 0 Å². The topological polar surface area (TPSA) is 30.9 Å². The normalized spacial score (nSPS) is 12.3. The minimum absolute atomic E-state index is 0.865. The Bertz CT molecular complexity index is 173. The molecule has 0 bridgehead atoms. The molecule has 18 heavy (non-hydrogen) atoms. The van der Waals surface area contributed by atoms with Gasteiger partial charge in [-0.3, -0.25) is 0 Å². The Labute approximate surface area is 114 Å². The second-order valence-corrected chi connectivity index (χ2v) is 7.68. The van der Waals surface area contributed by atoms with Crippen LogP contribution < -0.4 is 0 Å². The molecule has 0 aromatic heterocycles. The van der Waals surface area contributed by atoms with Crippen molar-refractivity contribution in [3.63, 3.8) is 0 Å². The molecule has 110 valence electrons. The van der Waals surface area contributed by atoms with Crippen LogP contribution in [0.15, 0.2) is 0 Å². The molecule has 0 radical (unpaired) electrons. The van der Waals surface area contributed by atoms with E-state index in [-0.39, 0.29) is 0 Å². The molecular formula is C13H31NO3Si. The molecule has 0 heterocycles. The van der Waals surface area contributed by atoms with E-state index < -0.39 is 8.80 Å². The summed E-state index contributed by atoms with van der Waals surface area (Å²) in [6.07, 6.45) is 4.99. The van der Waals surface area contributed by atoms with Gasteiger partial charge in [-0.2, -0.15) is 0 Å². The number of hydrogen-bond donors (Lipinski definition) is 0. The molecule has 5 heteroatoms. The molecule has 0 unspecified atom stereocenters. The molecule has 0 spiro atoms. The van der Waals surface area contributed by atoms with Crippen LogP contribution in [-0.4, -0.2) is 54.7 Å². The van der Waals surface area contributed by atoms with Gasteiger partial charge in [-0.05, 0) is 25.9 Å². The van der Waals surface area contributed by atoms with Crippen LogP contribution in [0.1, 0.15) is 39.5 Å². The van der Waals surface area contributed by atoms with Crippen molar-refractivity contribution in [2.45, 2.75) is 45.6 Å². The molecule has 0 amide bonds. The van der Waals surface area contributed by atoms with Crippen molar-refractivity contribution in [2.24, 2.45) is 0 Å². The summed E-state index contributed by atoms with van der Waals surface area (Å²) in [4.78, 5) is 2.51. The van der Waals surface area contributed by atoms with Gasteiger partial charge in [0.2, 0.25) is 0 Å². The van der Waals surface area contributed by atoms with E-state index in [1.165, 1.54) is 25.7 Å². The molecule has 0 saturated carbocycles. The summed E-state index contributed by atoms with van der Waals surface area (Å²) in [5.41, 5.74) is 0. The van der Waals surface area contributed by atoms with Crippen LogP contribution in [0.4, 0.5) is 0 Å². The smallest absolute Gasteiger partial charge is 0.377 e. The van der Waals surface area contributed by atoms with Crippen LogP contribution in [0.25, 0.3) is 0 Å². The quantitative estimate of drug-likeness (QED) is 0.513. The zero-order chi connectivity index (χ0) is 13.9. The number of unbranched alkanes of at least 4 members (excludes halogenated alkanes) is 2. The third kappa shape index (κ3) is 6.85. The molecular weight excluding hydrogens is 246 g/mol. The minimum Gasteiger partial charge on any atom is -0.377 e. The van der Waals surface area contributed by atoms with Crippen LogP contribution in [0.5, 0.6) is 0 Å². The minimum atomic E-state index is -2.40. The lowest BCUT2D eigenvalue weighted by molar-refractivity contribution is 0.118. The average Bonchev–Trinajstić information content (AvgIpc) is 2.42. The molecule has 0 rings (SSSR count). The molecule has 0 fully saturated rings. The molecule has 0 aliphatic heterocycles. The average molecular weight is 277 g/mol. The molecule has 0 aromatic rings. The van der Waals surface area contributed by atoms with Crippen LogP contribution in [0.2, 0.25) is 6.04 Å². The maximum Gasteiger partial charge on any atom is 0.501 e. The summed E-state index contributed by atoms with van der Waals surface area (Å²) in [7, 11) is 2.65. The Morgan fingerprint density at radius 2 is 1.22 bits per heavy atom. The van der Waals surface area contributed by atoms with Crippen LogP contribution >= 0.6 is 0 Å². The van der Waals surface area contributed by atoms with Gasteiger partial charge in [0.05, 0.1) is 0 Å². The van der Waals surface area contributed by atoms with Crippen molar-refractivity contribution in [2.75, 3.05) is 41.0 Å². The van der Waals surface area contributed by atoms with Gasteiger partial charge in [0, 0.05) is 33.9 Å². The predicted molar refractivity (Wildman–Crippen MR) is 77.8 cm³/mol. The van der Waals surface area contributed by atoms with Gasteiger partial charge in [0.25, 0.3) is 0 Å². The summed E-state index contributed by atoms with van der Waals surface area (Å²) < 4.78 is 16.4. The van der Waals surface area contributed by atoms with Crippen molar-refractivity contribution in [3.05, 3.63) is 0 Å². The molecule has 0 N–H and O–H groups in total. The Kier molecular flexibility index (Phi) is 11.0. The van der Waals surface area contributed by atoms with Crippen molar-refractivity contribution < 1.29 is 13.3 Å². The highest BCUT2D eigenvalue weighted by atomic mass is 28.4. The SMILES string of the molecule is CCCCN(CCCC)CC[Si](OC)(OC)OC. The van der Waals surface area contributed by atoms with Gasteiger partial charge in [-0.15, -0.1) is 0 Å². The maximum absolute atomic E-state index is 5.46. The lowest BCUT2D eigenvalue weighted by Gasteiger charge is -2.28. The van der Waals surface area contributed by atoms with Gasteiger partial charge >= 0.3 is 8.80 Å². The van der Waals surface area contributed by atoms with Crippen LogP contribution in [-0.2, 0) is 13.3 Å². The fourth-order valence-electron chi connectivity index (χ4n) is 1.95. The third-order valence-corrected chi connectivity index (χ3v) is 6.03. The molecule has 0 saturated heterocycles. The molecule has 0 aromatic carbocycles. The first-order valence-electron chi connectivity index (χ1n) is 7.05. The highest BCUT2D eigenvalue weighted by Crippen LogP contribution is 2.14. The molecule has 0 aliphatic carbocycles. The number of nitrogens with zero attached hydrogens (tertiary/aromatic N) is 1. The Morgan fingerprint density at radius 3 is 1.56 bits per heavy atom. The fraction of sp³-hybridized carbons (Fsp3) is 1.00. The Morgan fingerprint density at radius 1 is 0.778 bits per heavy atom. The van der Waals surface area contributed by atoms with E-state index in [0.717, 1.165) is 25.7 Å². The van der Waals surface area contributed by atoms with Crippen molar-refractivity contribution >= 4 is 8.80 Å². The first-order chi connectivity index (χ1) is 8.67. The second-order valence-electron chi connectivity index (χ2n) is 4.59. The predicted octanol–water partition coefficient (Wildman–Crippen LogP) is 2.77. The van der Waals surface area contributed by atoms with Gasteiger partial charge < -0.3 is 18.2 Å². The zero-order valence-corrected chi connectivity index (χ0v) is 13.8. The number of rotatable bonds is 12. The van der Waals surface area contributed by atoms with Gasteiger partial charge in [0.1, 0.15) is 0 Å². The summed E-state index contributed by atoms with van der Waals surface area (Å²) in [5.74, 6) is 0. The van der Waals surface area contributed by atoms with Gasteiger partial charge in [-0.25, -0.2) is 0 Å². The standard InChI is InChI=1S/C13H31NO3Si/c1-6-8-10-14(11-9-7-2)12-13-18(15-3,16-4)17-5/h6-13H2,1-5H3. The highest BCUT2D eigenvalue weighted by molar-refractivity contribution is 6.60. The zero-order valence-electron chi connectivity index (χ0n) is 12.8. The molecule has 0 atom stereocenters. The van der Waals surface area contributed by atoms with E-state index in [1.807, 2.05) is 0 Å². The Hall–Kier alpha value is 0.0569. The fourth-order valence-corrected chi connectivity index (χ4v) is 3.65. The lowest BCUT2D eigenvalue weighted by Crippen LogP contribution is -2.45. The van der Waals surface area contributed by atoms with Crippen molar-refractivity contribution in [1.82, 2.24) is 4.90 Å². The summed E-state index contributed by atoms with van der Waals surface area (Å²) in [5, 5.41) is 0. The monoisotopic (exact) mass is 277 g/mol. The van der Waals surface area contributed by atoms with E-state index in [9.17, 15) is 0 Å². The van der Waals surface area contributed by atoms with Crippen LogP contribution in [0, 0.1) is 0 Å². The molecule has 4 nitrogen and oxygen atoms in total. The van der Waals surface area contributed by atoms with E-state index in [4.69, 9.17) is 13.3 Å². The summed E-state index contributed by atoms with van der Waals surface area (Å²) in [6, 6.07) is 0.865. The molecule has 0 aliphatic rings. The van der Waals surface area contributed by atoms with E-state index >= 15 is 0 Å². The lowest BCUT2D eigenvalue weighted by atomic mass is 10.2. The van der Waals surface area contributed by atoms with E-state index in [1.54, 1.807) is 21.3 Å². The van der Waals surface area contributed by atoms with Gasteiger partial charge in [0.15, 0.2) is 0 Å². The maximum atomic E-state index is 5.46. The third-order valence-electron chi connectivity index (χ3n) is 3.32. The Balaban J connectivity index is 4.19. The second kappa shape index (κ2) is 10.9. The highest BCUT2D eigenvalue weighted by Gasteiger charge is 2.37. The number of hydrogen-bond acceptors (Lipinski definition) is 4. The first kappa shape index (κ1) is 18.1. The van der Waals surface area contributed by atoms with Crippen LogP contribution in [0.3, 0.4) is 0 Å².